The average Bonchev–Trinajstić information content (AvgIpc) is 3.45. The Morgan fingerprint density at radius 2 is 2.02 bits per heavy atom. The second-order valence-corrected chi connectivity index (χ2v) is 12.7. The number of nitrogens with zero attached hydrogens (tertiary/aromatic N) is 4. The number of aromatic hydroxyl groups is 1. The van der Waals surface area contributed by atoms with Gasteiger partial charge in [-0.3, -0.25) is 4.90 Å². The van der Waals surface area contributed by atoms with E-state index in [4.69, 9.17) is 30.3 Å². The molecule has 3 fully saturated rings. The Bertz CT molecular complexity index is 1940. The van der Waals surface area contributed by atoms with Gasteiger partial charge in [0.2, 0.25) is 0 Å². The summed E-state index contributed by atoms with van der Waals surface area (Å²) in [6, 6.07) is 5.71. The molecule has 0 spiro atoms. The maximum Gasteiger partial charge on any atom is 0.349 e. The molecule has 11 heteroatoms. The SMILES string of the molecule is C#Cc1c(F)ccc2cc(O)cc(-c3oc(=O)c4c(N5CCCC(OC)CC5)nc(OC[C@@]56CCCN5C[C@H](F)C6)nc4c3C)c12. The van der Waals surface area contributed by atoms with Crippen molar-refractivity contribution in [3.8, 4) is 35.4 Å². The number of benzene rings is 2. The molecule has 3 atom stereocenters. The number of fused-ring (bicyclic) bond motifs is 3. The highest BCUT2D eigenvalue weighted by Gasteiger charge is 2.49. The summed E-state index contributed by atoms with van der Waals surface area (Å²) in [5, 5.41) is 11.6. The lowest BCUT2D eigenvalue weighted by Crippen LogP contribution is -2.43. The summed E-state index contributed by atoms with van der Waals surface area (Å²) in [4.78, 5) is 27.7. The van der Waals surface area contributed by atoms with Crippen LogP contribution in [0.15, 0.2) is 33.5 Å². The summed E-state index contributed by atoms with van der Waals surface area (Å²) in [7, 11) is 1.70. The maximum atomic E-state index is 14.9. The van der Waals surface area contributed by atoms with Gasteiger partial charge in [-0.25, -0.2) is 13.6 Å². The number of ether oxygens (including phenoxy) is 2. The van der Waals surface area contributed by atoms with Crippen molar-refractivity contribution >= 4 is 27.5 Å². The van der Waals surface area contributed by atoms with Gasteiger partial charge >= 0.3 is 11.6 Å². The van der Waals surface area contributed by atoms with E-state index in [1.807, 2.05) is 4.90 Å². The van der Waals surface area contributed by atoms with Gasteiger partial charge in [0.05, 0.1) is 22.7 Å². The number of aryl methyl sites for hydroxylation is 1. The fraction of sp³-hybridized carbons (Fsp3) is 0.457. The number of hydrogen-bond donors (Lipinski definition) is 1. The van der Waals surface area contributed by atoms with Crippen molar-refractivity contribution in [3.63, 3.8) is 0 Å². The van der Waals surface area contributed by atoms with E-state index in [1.165, 1.54) is 24.3 Å². The van der Waals surface area contributed by atoms with Crippen LogP contribution in [0.25, 0.3) is 33.0 Å². The molecule has 46 heavy (non-hydrogen) atoms. The third-order valence-electron chi connectivity index (χ3n) is 9.94. The summed E-state index contributed by atoms with van der Waals surface area (Å²) in [6.07, 6.45) is 9.53. The first-order valence-corrected chi connectivity index (χ1v) is 15.8. The Morgan fingerprint density at radius 1 is 1.17 bits per heavy atom. The second kappa shape index (κ2) is 11.8. The quantitative estimate of drug-likeness (QED) is 0.277. The van der Waals surface area contributed by atoms with Crippen molar-refractivity contribution in [1.82, 2.24) is 14.9 Å². The molecule has 240 valence electrons. The molecule has 0 radical (unpaired) electrons. The molecule has 3 aliphatic rings. The number of hydrogen-bond acceptors (Lipinski definition) is 9. The van der Waals surface area contributed by atoms with Crippen LogP contribution in [0.5, 0.6) is 11.8 Å². The van der Waals surface area contributed by atoms with E-state index in [2.05, 4.69) is 10.8 Å². The molecule has 0 saturated carbocycles. The van der Waals surface area contributed by atoms with Crippen LogP contribution < -0.4 is 15.3 Å². The first kappa shape index (κ1) is 30.4. The van der Waals surface area contributed by atoms with E-state index >= 15 is 0 Å². The molecule has 1 unspecified atom stereocenters. The van der Waals surface area contributed by atoms with Crippen molar-refractivity contribution < 1.29 is 27.8 Å². The highest BCUT2D eigenvalue weighted by Crippen LogP contribution is 2.42. The molecule has 1 N–H and O–H groups in total. The lowest BCUT2D eigenvalue weighted by atomic mass is 9.95. The van der Waals surface area contributed by atoms with Gasteiger partial charge in [0.25, 0.3) is 0 Å². The topological polar surface area (TPSA) is 101 Å². The van der Waals surface area contributed by atoms with E-state index in [1.54, 1.807) is 14.0 Å². The average molecular weight is 631 g/mol. The van der Waals surface area contributed by atoms with Crippen LogP contribution in [-0.2, 0) is 4.74 Å². The largest absolute Gasteiger partial charge is 0.508 e. The van der Waals surface area contributed by atoms with E-state index in [0.717, 1.165) is 38.6 Å². The third-order valence-corrected chi connectivity index (χ3v) is 9.94. The Hall–Kier alpha value is -4.27. The lowest BCUT2D eigenvalue weighted by Gasteiger charge is -2.31. The molecule has 0 bridgehead atoms. The van der Waals surface area contributed by atoms with Gasteiger partial charge in [0.15, 0.2) is 5.82 Å². The summed E-state index contributed by atoms with van der Waals surface area (Å²) in [6.45, 7) is 4.41. The molecular formula is C35H36F2N4O5. The zero-order valence-corrected chi connectivity index (χ0v) is 25.9. The van der Waals surface area contributed by atoms with Crippen LogP contribution in [0, 0.1) is 25.1 Å². The zero-order valence-electron chi connectivity index (χ0n) is 25.9. The van der Waals surface area contributed by atoms with Crippen LogP contribution >= 0.6 is 0 Å². The molecule has 0 amide bonds. The minimum atomic E-state index is -0.910. The first-order chi connectivity index (χ1) is 22.2. The molecule has 2 aromatic heterocycles. The lowest BCUT2D eigenvalue weighted by molar-refractivity contribution is 0.0931. The number of halogens is 2. The van der Waals surface area contributed by atoms with Crippen molar-refractivity contribution in [2.75, 3.05) is 44.8 Å². The fourth-order valence-corrected chi connectivity index (χ4v) is 7.67. The number of anilines is 1. The van der Waals surface area contributed by atoms with E-state index in [0.29, 0.717) is 53.7 Å². The number of terminal acetylenes is 1. The molecule has 4 aromatic rings. The van der Waals surface area contributed by atoms with Gasteiger partial charge in [-0.1, -0.05) is 12.0 Å². The Balaban J connectivity index is 1.41. The molecule has 5 heterocycles. The van der Waals surface area contributed by atoms with Crippen LogP contribution in [0.2, 0.25) is 0 Å². The number of phenolic OH excluding ortho intramolecular Hbond substituents is 1. The first-order valence-electron chi connectivity index (χ1n) is 15.8. The summed E-state index contributed by atoms with van der Waals surface area (Å²) in [5.41, 5.74) is -0.0709. The number of rotatable bonds is 6. The number of phenols is 1. The standard InChI is InChI=1S/C35H36F2N4O5/c1-4-25-27(37)9-8-21-15-23(42)16-26(28(21)25)31-20(2)30-29(33(43)46-31)32(40-12-5-7-24(44-3)10-14-40)39-34(38-30)45-19-35-11-6-13-41(35)18-22(36)17-35/h1,8-9,15-16,22,24,42H,5-7,10-14,17-19H2,2-3H3/t22-,24?,35+/m1/s1. The highest BCUT2D eigenvalue weighted by molar-refractivity contribution is 6.03. The maximum absolute atomic E-state index is 14.9. The molecular weight excluding hydrogens is 594 g/mol. The van der Waals surface area contributed by atoms with Gasteiger partial charge in [0.1, 0.15) is 35.5 Å². The predicted octanol–water partition coefficient (Wildman–Crippen LogP) is 5.50. The monoisotopic (exact) mass is 630 g/mol. The number of aromatic nitrogens is 2. The van der Waals surface area contributed by atoms with Crippen molar-refractivity contribution in [3.05, 3.63) is 51.6 Å². The van der Waals surface area contributed by atoms with E-state index < -0.39 is 23.2 Å². The molecule has 7 rings (SSSR count). The van der Waals surface area contributed by atoms with Gasteiger partial charge < -0.3 is 23.9 Å². The number of methoxy groups -OCH3 is 1. The molecule has 9 nitrogen and oxygen atoms in total. The predicted molar refractivity (Wildman–Crippen MR) is 171 cm³/mol. The van der Waals surface area contributed by atoms with Crippen molar-refractivity contribution in [2.45, 2.75) is 63.3 Å². The summed E-state index contributed by atoms with van der Waals surface area (Å²) < 4.78 is 47.3. The van der Waals surface area contributed by atoms with Gasteiger partial charge in [-0.15, -0.1) is 6.42 Å². The molecule has 0 aliphatic carbocycles. The third kappa shape index (κ3) is 5.13. The number of alkyl halides is 1. The van der Waals surface area contributed by atoms with E-state index in [-0.39, 0.29) is 46.7 Å². The van der Waals surface area contributed by atoms with Crippen molar-refractivity contribution in [2.24, 2.45) is 0 Å². The summed E-state index contributed by atoms with van der Waals surface area (Å²) in [5.74, 6) is 2.19. The fourth-order valence-electron chi connectivity index (χ4n) is 7.67. The van der Waals surface area contributed by atoms with E-state index in [9.17, 15) is 18.7 Å². The molecule has 3 aliphatic heterocycles. The Kier molecular flexibility index (Phi) is 7.81. The van der Waals surface area contributed by atoms with Crippen molar-refractivity contribution in [1.29, 1.82) is 0 Å². The molecule has 3 saturated heterocycles. The Labute approximate surface area is 265 Å². The van der Waals surface area contributed by atoms with Gasteiger partial charge in [0, 0.05) is 49.7 Å². The van der Waals surface area contributed by atoms with Crippen LogP contribution in [0.1, 0.15) is 49.7 Å². The minimum absolute atomic E-state index is 0.0117. The minimum Gasteiger partial charge on any atom is -0.508 e. The van der Waals surface area contributed by atoms with Gasteiger partial charge in [-0.2, -0.15) is 9.97 Å². The van der Waals surface area contributed by atoms with Gasteiger partial charge in [-0.05, 0) is 69.2 Å². The second-order valence-electron chi connectivity index (χ2n) is 12.7. The van der Waals surface area contributed by atoms with Crippen LogP contribution in [0.4, 0.5) is 14.6 Å². The Morgan fingerprint density at radius 3 is 2.83 bits per heavy atom. The smallest absolute Gasteiger partial charge is 0.349 e. The van der Waals surface area contributed by atoms with Crippen LogP contribution in [-0.4, -0.2) is 77.7 Å². The molecule has 2 aromatic carbocycles. The summed E-state index contributed by atoms with van der Waals surface area (Å²) >= 11 is 0. The normalized spacial score (nSPS) is 23.5. The zero-order chi connectivity index (χ0) is 32.2. The van der Waals surface area contributed by atoms with Crippen LogP contribution in [0.3, 0.4) is 0 Å². The highest BCUT2D eigenvalue weighted by atomic mass is 19.1.